The Morgan fingerprint density at radius 2 is 2.40 bits per heavy atom. The number of nitrogens with two attached hydrogens (primary N) is 1. The van der Waals surface area contributed by atoms with Gasteiger partial charge in [-0.2, -0.15) is 5.10 Å². The predicted molar refractivity (Wildman–Crippen MR) is 58.2 cm³/mol. The van der Waals surface area contributed by atoms with Gasteiger partial charge in [0.15, 0.2) is 0 Å². The van der Waals surface area contributed by atoms with Crippen molar-refractivity contribution in [3.63, 3.8) is 0 Å². The summed E-state index contributed by atoms with van der Waals surface area (Å²) in [5.41, 5.74) is 6.72. The molecule has 4 heteroatoms. The van der Waals surface area contributed by atoms with Crippen LogP contribution in [0, 0.1) is 11.3 Å². The average Bonchev–Trinajstić information content (AvgIpc) is 3.01. The van der Waals surface area contributed by atoms with Crippen LogP contribution in [0.5, 0.6) is 0 Å². The van der Waals surface area contributed by atoms with Crippen LogP contribution >= 0.6 is 0 Å². The number of aryl methyl sites for hydroxylation is 1. The molecule has 84 valence electrons. The van der Waals surface area contributed by atoms with E-state index >= 15 is 0 Å². The second-order valence-electron chi connectivity index (χ2n) is 4.66. The van der Waals surface area contributed by atoms with Gasteiger partial charge >= 0.3 is 0 Å². The Labute approximate surface area is 90.1 Å². The molecule has 1 aliphatic carbocycles. The summed E-state index contributed by atoms with van der Waals surface area (Å²) in [6.07, 6.45) is 5.13. The first-order chi connectivity index (χ1) is 7.20. The molecule has 1 aromatic rings. The molecule has 15 heavy (non-hydrogen) atoms. The fourth-order valence-electron chi connectivity index (χ4n) is 2.25. The second-order valence-corrected chi connectivity index (χ2v) is 4.66. The van der Waals surface area contributed by atoms with Crippen LogP contribution in [0.1, 0.15) is 18.5 Å². The summed E-state index contributed by atoms with van der Waals surface area (Å²) in [5.74, 6) is 0.592. The third-order valence-electron chi connectivity index (χ3n) is 3.47. The van der Waals surface area contributed by atoms with Crippen LogP contribution < -0.4 is 5.73 Å². The average molecular weight is 209 g/mol. The topological polar surface area (TPSA) is 64.1 Å². The minimum absolute atomic E-state index is 0.131. The third kappa shape index (κ3) is 2.06. The van der Waals surface area contributed by atoms with Crippen LogP contribution in [0.15, 0.2) is 12.3 Å². The van der Waals surface area contributed by atoms with Gasteiger partial charge in [0, 0.05) is 31.6 Å². The van der Waals surface area contributed by atoms with Crippen molar-refractivity contribution in [2.24, 2.45) is 24.1 Å². The standard InChI is InChI=1S/C11H19N3O/c1-14-5-4-10(13-14)6-11(7-12,8-15)9-2-3-9/h4-5,9,15H,2-3,6-8,12H2,1H3. The molecule has 1 heterocycles. The molecule has 1 atom stereocenters. The van der Waals surface area contributed by atoms with E-state index in [4.69, 9.17) is 5.73 Å². The highest BCUT2D eigenvalue weighted by Crippen LogP contribution is 2.46. The molecule has 0 saturated heterocycles. The van der Waals surface area contributed by atoms with E-state index in [1.807, 2.05) is 19.3 Å². The van der Waals surface area contributed by atoms with Crippen molar-refractivity contribution in [3.05, 3.63) is 18.0 Å². The van der Waals surface area contributed by atoms with E-state index in [9.17, 15) is 5.11 Å². The molecule has 1 saturated carbocycles. The molecule has 3 N–H and O–H groups in total. The van der Waals surface area contributed by atoms with Gasteiger partial charge in [-0.15, -0.1) is 0 Å². The molecule has 0 aromatic carbocycles. The van der Waals surface area contributed by atoms with Crippen molar-refractivity contribution >= 4 is 0 Å². The minimum Gasteiger partial charge on any atom is -0.396 e. The summed E-state index contributed by atoms with van der Waals surface area (Å²) >= 11 is 0. The van der Waals surface area contributed by atoms with Crippen LogP contribution in [0.3, 0.4) is 0 Å². The van der Waals surface area contributed by atoms with Crippen molar-refractivity contribution in [1.29, 1.82) is 0 Å². The van der Waals surface area contributed by atoms with Gasteiger partial charge in [-0.3, -0.25) is 4.68 Å². The van der Waals surface area contributed by atoms with E-state index in [1.165, 1.54) is 12.8 Å². The first-order valence-corrected chi connectivity index (χ1v) is 5.49. The molecular formula is C11H19N3O. The molecular weight excluding hydrogens is 190 g/mol. The Hall–Kier alpha value is -0.870. The zero-order valence-electron chi connectivity index (χ0n) is 9.19. The van der Waals surface area contributed by atoms with Crippen molar-refractivity contribution in [2.45, 2.75) is 19.3 Å². The van der Waals surface area contributed by atoms with Crippen molar-refractivity contribution in [3.8, 4) is 0 Å². The molecule has 0 aliphatic heterocycles. The molecule has 1 aromatic heterocycles. The Morgan fingerprint density at radius 1 is 1.67 bits per heavy atom. The molecule has 0 radical (unpaired) electrons. The molecule has 4 nitrogen and oxygen atoms in total. The van der Waals surface area contributed by atoms with Crippen LogP contribution in [-0.2, 0) is 13.5 Å². The minimum atomic E-state index is -0.131. The smallest absolute Gasteiger partial charge is 0.0631 e. The van der Waals surface area contributed by atoms with Crippen LogP contribution in [0.2, 0.25) is 0 Å². The summed E-state index contributed by atoms with van der Waals surface area (Å²) in [5, 5.41) is 13.9. The Kier molecular flexibility index (Phi) is 2.80. The number of hydrogen-bond acceptors (Lipinski definition) is 3. The molecule has 0 spiro atoms. The lowest BCUT2D eigenvalue weighted by molar-refractivity contribution is 0.108. The number of aliphatic hydroxyl groups excluding tert-OH is 1. The van der Waals surface area contributed by atoms with E-state index in [0.29, 0.717) is 12.5 Å². The van der Waals surface area contributed by atoms with Gasteiger partial charge in [0.1, 0.15) is 0 Å². The highest BCUT2D eigenvalue weighted by Gasteiger charge is 2.44. The molecule has 0 bridgehead atoms. The van der Waals surface area contributed by atoms with E-state index in [0.717, 1.165) is 12.1 Å². The molecule has 1 unspecified atom stereocenters. The van der Waals surface area contributed by atoms with Crippen LogP contribution in [0.25, 0.3) is 0 Å². The van der Waals surface area contributed by atoms with Crippen molar-refractivity contribution in [1.82, 2.24) is 9.78 Å². The third-order valence-corrected chi connectivity index (χ3v) is 3.47. The van der Waals surface area contributed by atoms with Gasteiger partial charge in [-0.05, 0) is 24.8 Å². The maximum atomic E-state index is 9.54. The number of rotatable bonds is 5. The summed E-state index contributed by atoms with van der Waals surface area (Å²) in [6, 6.07) is 2.00. The fourth-order valence-corrected chi connectivity index (χ4v) is 2.25. The van der Waals surface area contributed by atoms with Gasteiger partial charge in [0.05, 0.1) is 12.3 Å². The second kappa shape index (κ2) is 3.94. The van der Waals surface area contributed by atoms with Crippen molar-refractivity contribution < 1.29 is 5.11 Å². The van der Waals surface area contributed by atoms with Crippen LogP contribution in [0.4, 0.5) is 0 Å². The Morgan fingerprint density at radius 3 is 2.80 bits per heavy atom. The van der Waals surface area contributed by atoms with Gasteiger partial charge in [0.25, 0.3) is 0 Å². The van der Waals surface area contributed by atoms with E-state index in [1.54, 1.807) is 4.68 Å². The highest BCUT2D eigenvalue weighted by molar-refractivity contribution is 5.07. The molecule has 0 amide bonds. The largest absolute Gasteiger partial charge is 0.396 e. The summed E-state index contributed by atoms with van der Waals surface area (Å²) in [4.78, 5) is 0. The first kappa shape index (κ1) is 10.6. The maximum absolute atomic E-state index is 9.54. The lowest BCUT2D eigenvalue weighted by atomic mass is 9.79. The molecule has 1 aliphatic rings. The number of nitrogens with zero attached hydrogens (tertiary/aromatic N) is 2. The number of aromatic nitrogens is 2. The highest BCUT2D eigenvalue weighted by atomic mass is 16.3. The SMILES string of the molecule is Cn1ccc(CC(CN)(CO)C2CC2)n1. The lowest BCUT2D eigenvalue weighted by Gasteiger charge is -2.29. The maximum Gasteiger partial charge on any atom is 0.0631 e. The molecule has 2 rings (SSSR count). The summed E-state index contributed by atoms with van der Waals surface area (Å²) < 4.78 is 1.79. The monoisotopic (exact) mass is 209 g/mol. The quantitative estimate of drug-likeness (QED) is 0.733. The van der Waals surface area contributed by atoms with E-state index in [2.05, 4.69) is 5.10 Å². The van der Waals surface area contributed by atoms with E-state index in [-0.39, 0.29) is 12.0 Å². The van der Waals surface area contributed by atoms with Crippen molar-refractivity contribution in [2.75, 3.05) is 13.2 Å². The Bertz CT molecular complexity index is 326. The predicted octanol–water partition coefficient (Wildman–Crippen LogP) is 0.310. The van der Waals surface area contributed by atoms with Crippen LogP contribution in [-0.4, -0.2) is 28.0 Å². The molecule has 1 fully saturated rings. The zero-order valence-corrected chi connectivity index (χ0v) is 9.19. The summed E-state index contributed by atoms with van der Waals surface area (Å²) in [7, 11) is 1.91. The van der Waals surface area contributed by atoms with Gasteiger partial charge in [0.2, 0.25) is 0 Å². The number of hydrogen-bond donors (Lipinski definition) is 2. The lowest BCUT2D eigenvalue weighted by Crippen LogP contribution is -2.38. The summed E-state index contributed by atoms with van der Waals surface area (Å²) in [6.45, 7) is 0.718. The first-order valence-electron chi connectivity index (χ1n) is 5.49. The van der Waals surface area contributed by atoms with Gasteiger partial charge < -0.3 is 10.8 Å². The van der Waals surface area contributed by atoms with E-state index < -0.39 is 0 Å². The zero-order chi connectivity index (χ0) is 10.9. The van der Waals surface area contributed by atoms with Gasteiger partial charge in [-0.1, -0.05) is 0 Å². The Balaban J connectivity index is 2.12. The fraction of sp³-hybridized carbons (Fsp3) is 0.727. The number of aliphatic hydroxyl groups is 1. The van der Waals surface area contributed by atoms with Gasteiger partial charge in [-0.25, -0.2) is 0 Å². The normalized spacial score (nSPS) is 20.2.